The Balaban J connectivity index is 1.47. The normalized spacial score (nSPS) is 20.9. The number of ether oxygens (including phenoxy) is 1. The van der Waals surface area contributed by atoms with Gasteiger partial charge in [-0.1, -0.05) is 36.4 Å². The number of morpholine rings is 1. The van der Waals surface area contributed by atoms with Crippen molar-refractivity contribution >= 4 is 16.7 Å². The molecule has 0 radical (unpaired) electrons. The van der Waals surface area contributed by atoms with Gasteiger partial charge < -0.3 is 15.0 Å². The third kappa shape index (κ3) is 3.60. The molecule has 1 amide bonds. The molecular formula is C20H24N2O2. The molecule has 4 rings (SSSR count). The Labute approximate surface area is 142 Å². The first-order valence-electron chi connectivity index (χ1n) is 8.88. The highest BCUT2D eigenvalue weighted by molar-refractivity contribution is 5.83. The number of carbonyl (C=O) groups excluding carboxylic acids is 1. The average molecular weight is 324 g/mol. The zero-order chi connectivity index (χ0) is 16.4. The van der Waals surface area contributed by atoms with E-state index in [1.165, 1.54) is 16.3 Å². The van der Waals surface area contributed by atoms with E-state index in [0.717, 1.165) is 26.0 Å². The average Bonchev–Trinajstić information content (AvgIpc) is 3.45. The highest BCUT2D eigenvalue weighted by Crippen LogP contribution is 2.30. The van der Waals surface area contributed by atoms with Gasteiger partial charge in [0.25, 0.3) is 0 Å². The quantitative estimate of drug-likeness (QED) is 0.919. The lowest BCUT2D eigenvalue weighted by Gasteiger charge is -2.28. The number of nitrogens with one attached hydrogen (secondary N) is 1. The Morgan fingerprint density at radius 2 is 2.00 bits per heavy atom. The molecule has 1 unspecified atom stereocenters. The van der Waals surface area contributed by atoms with Crippen LogP contribution < -0.4 is 5.32 Å². The number of fused-ring (bicyclic) bond motifs is 1. The van der Waals surface area contributed by atoms with Crippen LogP contribution >= 0.6 is 0 Å². The van der Waals surface area contributed by atoms with Crippen molar-refractivity contribution in [3.05, 3.63) is 48.0 Å². The fourth-order valence-corrected chi connectivity index (χ4v) is 3.42. The predicted molar refractivity (Wildman–Crippen MR) is 94.7 cm³/mol. The van der Waals surface area contributed by atoms with E-state index in [0.29, 0.717) is 25.6 Å². The van der Waals surface area contributed by atoms with Crippen molar-refractivity contribution < 1.29 is 9.53 Å². The van der Waals surface area contributed by atoms with Crippen LogP contribution in [0.1, 0.15) is 24.8 Å². The Kier molecular flexibility index (Phi) is 4.50. The van der Waals surface area contributed by atoms with E-state index in [2.05, 4.69) is 52.7 Å². The molecule has 126 valence electrons. The van der Waals surface area contributed by atoms with Crippen LogP contribution in [0.5, 0.6) is 0 Å². The highest BCUT2D eigenvalue weighted by Gasteiger charge is 2.33. The van der Waals surface area contributed by atoms with Crippen LogP contribution in [0, 0.1) is 0 Å². The summed E-state index contributed by atoms with van der Waals surface area (Å²) in [6, 6.07) is 15.5. The van der Waals surface area contributed by atoms with Crippen molar-refractivity contribution in [1.82, 2.24) is 10.2 Å². The molecule has 2 aliphatic rings. The van der Waals surface area contributed by atoms with Crippen molar-refractivity contribution in [2.24, 2.45) is 0 Å². The number of benzene rings is 2. The first kappa shape index (κ1) is 15.6. The summed E-state index contributed by atoms with van der Waals surface area (Å²) in [4.78, 5) is 14.9. The zero-order valence-electron chi connectivity index (χ0n) is 13.9. The molecule has 2 fully saturated rings. The van der Waals surface area contributed by atoms with Crippen LogP contribution in [0.25, 0.3) is 10.8 Å². The summed E-state index contributed by atoms with van der Waals surface area (Å²) in [6.45, 7) is 2.93. The number of hydrogen-bond donors (Lipinski definition) is 1. The van der Waals surface area contributed by atoms with Gasteiger partial charge in [0.05, 0.1) is 13.2 Å². The Hall–Kier alpha value is -1.91. The van der Waals surface area contributed by atoms with Gasteiger partial charge >= 0.3 is 0 Å². The minimum Gasteiger partial charge on any atom is -0.378 e. The summed E-state index contributed by atoms with van der Waals surface area (Å²) in [7, 11) is 0. The predicted octanol–water partition coefficient (Wildman–Crippen LogP) is 2.71. The van der Waals surface area contributed by atoms with Crippen molar-refractivity contribution in [1.29, 1.82) is 0 Å². The summed E-state index contributed by atoms with van der Waals surface area (Å²) in [5.74, 6) is 0.244. The maximum absolute atomic E-state index is 12.8. The zero-order valence-corrected chi connectivity index (χ0v) is 13.9. The molecule has 4 heteroatoms. The van der Waals surface area contributed by atoms with Crippen LogP contribution in [0.2, 0.25) is 0 Å². The lowest BCUT2D eigenvalue weighted by Crippen LogP contribution is -2.45. The fraction of sp³-hybridized carbons (Fsp3) is 0.450. The molecule has 1 aliphatic carbocycles. The van der Waals surface area contributed by atoms with Crippen molar-refractivity contribution in [2.45, 2.75) is 37.9 Å². The summed E-state index contributed by atoms with van der Waals surface area (Å²) in [6.07, 6.45) is 2.80. The first-order valence-corrected chi connectivity index (χ1v) is 8.88. The van der Waals surface area contributed by atoms with Crippen molar-refractivity contribution in [2.75, 3.05) is 19.8 Å². The molecule has 24 heavy (non-hydrogen) atoms. The molecule has 2 aromatic rings. The third-order valence-corrected chi connectivity index (χ3v) is 4.89. The molecule has 1 saturated carbocycles. The molecule has 1 heterocycles. The minimum absolute atomic E-state index is 0.157. The molecule has 4 nitrogen and oxygen atoms in total. The number of carbonyl (C=O) groups is 1. The van der Waals surface area contributed by atoms with E-state index in [1.807, 2.05) is 0 Å². The van der Waals surface area contributed by atoms with E-state index < -0.39 is 0 Å². The van der Waals surface area contributed by atoms with Crippen LogP contribution in [0.15, 0.2) is 42.5 Å². The van der Waals surface area contributed by atoms with Crippen molar-refractivity contribution in [3.8, 4) is 0 Å². The number of hydrogen-bond acceptors (Lipinski definition) is 3. The SMILES string of the molecule is O=C(CC1COCCN1)N(Cc1ccc2ccccc2c1)C1CC1. The molecule has 2 aromatic carbocycles. The number of amides is 1. The fourth-order valence-electron chi connectivity index (χ4n) is 3.42. The van der Waals surface area contributed by atoms with Gasteiger partial charge in [-0.2, -0.15) is 0 Å². The minimum atomic E-state index is 0.157. The first-order chi connectivity index (χ1) is 11.8. The summed E-state index contributed by atoms with van der Waals surface area (Å²) in [5, 5.41) is 5.86. The van der Waals surface area contributed by atoms with Gasteiger partial charge in [0, 0.05) is 31.6 Å². The number of rotatable bonds is 5. The molecule has 1 atom stereocenters. The largest absolute Gasteiger partial charge is 0.378 e. The van der Waals surface area contributed by atoms with E-state index >= 15 is 0 Å². The molecular weight excluding hydrogens is 300 g/mol. The lowest BCUT2D eigenvalue weighted by molar-refractivity contribution is -0.133. The molecule has 1 saturated heterocycles. The van der Waals surface area contributed by atoms with E-state index in [4.69, 9.17) is 4.74 Å². The van der Waals surface area contributed by atoms with Crippen LogP contribution in [-0.4, -0.2) is 42.6 Å². The van der Waals surface area contributed by atoms with Crippen LogP contribution in [-0.2, 0) is 16.1 Å². The standard InChI is InChI=1S/C20H24N2O2/c23-20(12-18-14-24-10-9-21-18)22(19-7-8-19)13-15-5-6-16-3-1-2-4-17(16)11-15/h1-6,11,18-19,21H,7-10,12-14H2. The van der Waals surface area contributed by atoms with Gasteiger partial charge in [0.2, 0.25) is 5.91 Å². The second-order valence-electron chi connectivity index (χ2n) is 6.86. The second kappa shape index (κ2) is 6.91. The summed E-state index contributed by atoms with van der Waals surface area (Å²) < 4.78 is 5.47. The lowest BCUT2D eigenvalue weighted by atomic mass is 10.1. The highest BCUT2D eigenvalue weighted by atomic mass is 16.5. The van der Waals surface area contributed by atoms with Gasteiger partial charge in [-0.3, -0.25) is 4.79 Å². The summed E-state index contributed by atoms with van der Waals surface area (Å²) >= 11 is 0. The van der Waals surface area contributed by atoms with Crippen LogP contribution in [0.3, 0.4) is 0 Å². The van der Waals surface area contributed by atoms with Crippen molar-refractivity contribution in [3.63, 3.8) is 0 Å². The van der Waals surface area contributed by atoms with Gasteiger partial charge in [-0.05, 0) is 35.2 Å². The maximum Gasteiger partial charge on any atom is 0.224 e. The second-order valence-corrected chi connectivity index (χ2v) is 6.86. The smallest absolute Gasteiger partial charge is 0.224 e. The molecule has 1 aliphatic heterocycles. The Bertz CT molecular complexity index is 720. The van der Waals surface area contributed by atoms with E-state index in [1.54, 1.807) is 0 Å². The summed E-state index contributed by atoms with van der Waals surface area (Å²) in [5.41, 5.74) is 1.21. The van der Waals surface area contributed by atoms with Gasteiger partial charge in [-0.25, -0.2) is 0 Å². The molecule has 1 N–H and O–H groups in total. The Morgan fingerprint density at radius 1 is 1.17 bits per heavy atom. The van der Waals surface area contributed by atoms with E-state index in [-0.39, 0.29) is 11.9 Å². The molecule has 0 aromatic heterocycles. The van der Waals surface area contributed by atoms with E-state index in [9.17, 15) is 4.79 Å². The third-order valence-electron chi connectivity index (χ3n) is 4.89. The van der Waals surface area contributed by atoms with Crippen LogP contribution in [0.4, 0.5) is 0 Å². The van der Waals surface area contributed by atoms with Gasteiger partial charge in [-0.15, -0.1) is 0 Å². The maximum atomic E-state index is 12.8. The molecule has 0 bridgehead atoms. The monoisotopic (exact) mass is 324 g/mol. The number of nitrogens with zero attached hydrogens (tertiary/aromatic N) is 1. The van der Waals surface area contributed by atoms with Gasteiger partial charge in [0.1, 0.15) is 0 Å². The topological polar surface area (TPSA) is 41.6 Å². The Morgan fingerprint density at radius 3 is 2.75 bits per heavy atom. The van der Waals surface area contributed by atoms with Gasteiger partial charge in [0.15, 0.2) is 0 Å². The molecule has 0 spiro atoms.